The summed E-state index contributed by atoms with van der Waals surface area (Å²) in [6.45, 7) is 0.658. The number of rotatable bonds is 4. The second-order valence-electron chi connectivity index (χ2n) is 2.34. The van der Waals surface area contributed by atoms with E-state index in [4.69, 9.17) is 27.9 Å². The number of benzene rings is 1. The normalized spacial score (nSPS) is 9.83. The van der Waals surface area contributed by atoms with Crippen LogP contribution in [0.25, 0.3) is 0 Å². The molecule has 0 heterocycles. The third-order valence-electron chi connectivity index (χ3n) is 1.36. The monoisotopic (exact) mass is 204 g/mol. The van der Waals surface area contributed by atoms with Gasteiger partial charge in [-0.05, 0) is 30.7 Å². The smallest absolute Gasteiger partial charge is 0.119 e. The molecule has 0 fully saturated rings. The van der Waals surface area contributed by atoms with Gasteiger partial charge >= 0.3 is 0 Å². The van der Waals surface area contributed by atoms with Crippen molar-refractivity contribution in [1.29, 1.82) is 0 Å². The minimum Gasteiger partial charge on any atom is -0.494 e. The lowest BCUT2D eigenvalue weighted by atomic mass is 10.3. The lowest BCUT2D eigenvalue weighted by Crippen LogP contribution is -1.97. The molecule has 0 aliphatic carbocycles. The van der Waals surface area contributed by atoms with Crippen molar-refractivity contribution in [2.45, 2.75) is 6.42 Å². The zero-order valence-electron chi connectivity index (χ0n) is 6.59. The maximum Gasteiger partial charge on any atom is 0.119 e. The largest absolute Gasteiger partial charge is 0.494 e. The zero-order chi connectivity index (χ0) is 8.81. The molecule has 0 saturated carbocycles. The third-order valence-corrected chi connectivity index (χ3v) is 1.88. The Morgan fingerprint density at radius 3 is 2.42 bits per heavy atom. The van der Waals surface area contributed by atoms with Crippen LogP contribution in [0.5, 0.6) is 5.75 Å². The molecular weight excluding hydrogens is 195 g/mol. The summed E-state index contributed by atoms with van der Waals surface area (Å²) in [5.74, 6) is 1.47. The molecule has 12 heavy (non-hydrogen) atoms. The third kappa shape index (κ3) is 3.33. The average Bonchev–Trinajstić information content (AvgIpc) is 2.09. The van der Waals surface area contributed by atoms with Crippen LogP contribution in [0.15, 0.2) is 24.3 Å². The van der Waals surface area contributed by atoms with E-state index in [2.05, 4.69) is 0 Å². The topological polar surface area (TPSA) is 9.23 Å². The number of halogens is 2. The van der Waals surface area contributed by atoms with Crippen LogP contribution in [0.4, 0.5) is 0 Å². The van der Waals surface area contributed by atoms with E-state index in [1.165, 1.54) is 0 Å². The standard InChI is InChI=1S/C9H10Cl2O/c10-6-1-7-12-9-4-2-8(11)3-5-9/h2-5H,1,6-7H2. The Morgan fingerprint density at radius 2 is 1.83 bits per heavy atom. The molecule has 1 aromatic rings. The molecular formula is C9H10Cl2O. The van der Waals surface area contributed by atoms with E-state index in [0.29, 0.717) is 12.5 Å². The summed E-state index contributed by atoms with van der Waals surface area (Å²) < 4.78 is 5.36. The van der Waals surface area contributed by atoms with Gasteiger partial charge in [0.25, 0.3) is 0 Å². The van der Waals surface area contributed by atoms with Gasteiger partial charge in [0, 0.05) is 10.9 Å². The van der Waals surface area contributed by atoms with Crippen LogP contribution in [0.1, 0.15) is 6.42 Å². The summed E-state index contributed by atoms with van der Waals surface area (Å²) in [5.41, 5.74) is 0. The Kier molecular flexibility index (Phi) is 4.26. The summed E-state index contributed by atoms with van der Waals surface area (Å²) in [6.07, 6.45) is 0.865. The van der Waals surface area contributed by atoms with E-state index in [0.717, 1.165) is 17.2 Å². The second kappa shape index (κ2) is 5.28. The molecule has 1 aromatic carbocycles. The first-order valence-corrected chi connectivity index (χ1v) is 4.68. The number of ether oxygens (including phenoxy) is 1. The molecule has 0 amide bonds. The van der Waals surface area contributed by atoms with Crippen LogP contribution in [0, 0.1) is 0 Å². The maximum absolute atomic E-state index is 5.70. The molecule has 0 unspecified atom stereocenters. The molecule has 0 saturated heterocycles. The van der Waals surface area contributed by atoms with E-state index in [1.54, 1.807) is 12.1 Å². The van der Waals surface area contributed by atoms with Crippen LogP contribution in [-0.4, -0.2) is 12.5 Å². The minimum atomic E-state index is 0.633. The summed E-state index contributed by atoms with van der Waals surface area (Å²) in [4.78, 5) is 0. The minimum absolute atomic E-state index is 0.633. The first-order valence-electron chi connectivity index (χ1n) is 3.77. The number of hydrogen-bond donors (Lipinski definition) is 0. The number of hydrogen-bond acceptors (Lipinski definition) is 1. The van der Waals surface area contributed by atoms with Crippen LogP contribution < -0.4 is 4.74 Å². The van der Waals surface area contributed by atoms with Gasteiger partial charge in [0.05, 0.1) is 6.61 Å². The first-order chi connectivity index (χ1) is 5.83. The fourth-order valence-corrected chi connectivity index (χ4v) is 1.01. The number of alkyl halides is 1. The summed E-state index contributed by atoms with van der Waals surface area (Å²) in [5, 5.41) is 0.722. The van der Waals surface area contributed by atoms with Gasteiger partial charge in [0.15, 0.2) is 0 Å². The molecule has 3 heteroatoms. The van der Waals surface area contributed by atoms with Crippen molar-refractivity contribution in [1.82, 2.24) is 0 Å². The second-order valence-corrected chi connectivity index (χ2v) is 3.16. The van der Waals surface area contributed by atoms with Crippen LogP contribution in [0.3, 0.4) is 0 Å². The van der Waals surface area contributed by atoms with Gasteiger partial charge < -0.3 is 4.74 Å². The lowest BCUT2D eigenvalue weighted by molar-refractivity contribution is 0.318. The van der Waals surface area contributed by atoms with Crippen molar-refractivity contribution >= 4 is 23.2 Å². The highest BCUT2D eigenvalue weighted by Crippen LogP contribution is 2.15. The molecule has 1 nitrogen and oxygen atoms in total. The summed E-state index contributed by atoms with van der Waals surface area (Å²) >= 11 is 11.2. The molecule has 66 valence electrons. The van der Waals surface area contributed by atoms with Crippen molar-refractivity contribution in [3.63, 3.8) is 0 Å². The van der Waals surface area contributed by atoms with Crippen LogP contribution in [-0.2, 0) is 0 Å². The summed E-state index contributed by atoms with van der Waals surface area (Å²) in [7, 11) is 0. The highest BCUT2D eigenvalue weighted by atomic mass is 35.5. The van der Waals surface area contributed by atoms with Crippen molar-refractivity contribution in [3.05, 3.63) is 29.3 Å². The van der Waals surface area contributed by atoms with E-state index in [9.17, 15) is 0 Å². The highest BCUT2D eigenvalue weighted by Gasteiger charge is 1.92. The molecule has 0 aromatic heterocycles. The molecule has 0 spiro atoms. The SMILES string of the molecule is ClCCCOc1ccc(Cl)cc1. The predicted molar refractivity (Wildman–Crippen MR) is 52.3 cm³/mol. The highest BCUT2D eigenvalue weighted by molar-refractivity contribution is 6.30. The van der Waals surface area contributed by atoms with Crippen LogP contribution in [0.2, 0.25) is 5.02 Å². The summed E-state index contributed by atoms with van der Waals surface area (Å²) in [6, 6.07) is 7.29. The Hall–Kier alpha value is -0.400. The molecule has 0 aliphatic rings. The van der Waals surface area contributed by atoms with Gasteiger partial charge in [-0.15, -0.1) is 11.6 Å². The van der Waals surface area contributed by atoms with E-state index in [-0.39, 0.29) is 0 Å². The molecule has 0 N–H and O–H groups in total. The molecule has 0 bridgehead atoms. The fraction of sp³-hybridized carbons (Fsp3) is 0.333. The van der Waals surface area contributed by atoms with E-state index >= 15 is 0 Å². The van der Waals surface area contributed by atoms with Gasteiger partial charge in [-0.2, -0.15) is 0 Å². The Morgan fingerprint density at radius 1 is 1.17 bits per heavy atom. The Labute approximate surface area is 82.2 Å². The van der Waals surface area contributed by atoms with Crippen LogP contribution >= 0.6 is 23.2 Å². The Bertz CT molecular complexity index is 220. The Balaban J connectivity index is 2.37. The predicted octanol–water partition coefficient (Wildman–Crippen LogP) is 3.35. The van der Waals surface area contributed by atoms with E-state index < -0.39 is 0 Å². The average molecular weight is 205 g/mol. The molecule has 0 aliphatic heterocycles. The van der Waals surface area contributed by atoms with Gasteiger partial charge in [0.1, 0.15) is 5.75 Å². The van der Waals surface area contributed by atoms with Crippen molar-refractivity contribution in [2.24, 2.45) is 0 Å². The molecule has 1 rings (SSSR count). The first kappa shape index (κ1) is 9.69. The van der Waals surface area contributed by atoms with Crippen molar-refractivity contribution < 1.29 is 4.74 Å². The lowest BCUT2D eigenvalue weighted by Gasteiger charge is -2.03. The van der Waals surface area contributed by atoms with Gasteiger partial charge in [0.2, 0.25) is 0 Å². The van der Waals surface area contributed by atoms with Crippen molar-refractivity contribution in [2.75, 3.05) is 12.5 Å². The van der Waals surface area contributed by atoms with Crippen molar-refractivity contribution in [3.8, 4) is 5.75 Å². The fourth-order valence-electron chi connectivity index (χ4n) is 0.775. The van der Waals surface area contributed by atoms with Gasteiger partial charge in [-0.3, -0.25) is 0 Å². The van der Waals surface area contributed by atoms with Gasteiger partial charge in [-0.25, -0.2) is 0 Å². The molecule has 0 atom stereocenters. The zero-order valence-corrected chi connectivity index (χ0v) is 8.11. The van der Waals surface area contributed by atoms with Gasteiger partial charge in [-0.1, -0.05) is 11.6 Å². The molecule has 0 radical (unpaired) electrons. The van der Waals surface area contributed by atoms with E-state index in [1.807, 2.05) is 12.1 Å². The maximum atomic E-state index is 5.70. The quantitative estimate of drug-likeness (QED) is 0.541.